The summed E-state index contributed by atoms with van der Waals surface area (Å²) in [7, 11) is 2.09. The Bertz CT molecular complexity index is 361. The highest BCUT2D eigenvalue weighted by Crippen LogP contribution is 2.49. The highest BCUT2D eigenvalue weighted by atomic mass is 15.0. The Morgan fingerprint density at radius 1 is 1.50 bits per heavy atom. The van der Waals surface area contributed by atoms with Crippen LogP contribution in [0.15, 0.2) is 12.4 Å². The van der Waals surface area contributed by atoms with Crippen LogP contribution in [0.4, 0.5) is 0 Å². The van der Waals surface area contributed by atoms with Crippen LogP contribution in [0, 0.1) is 5.41 Å². The van der Waals surface area contributed by atoms with Crippen molar-refractivity contribution in [2.45, 2.75) is 44.6 Å². The molecule has 0 radical (unpaired) electrons. The molecule has 0 unspecified atom stereocenters. The Labute approximate surface area is 97.3 Å². The fourth-order valence-electron chi connectivity index (χ4n) is 2.35. The second kappa shape index (κ2) is 3.88. The van der Waals surface area contributed by atoms with Crippen molar-refractivity contribution in [3.05, 3.63) is 18.2 Å². The molecule has 1 N–H and O–H groups in total. The molecular weight excluding hydrogens is 198 g/mol. The first-order valence-electron chi connectivity index (χ1n) is 6.47. The molecule has 2 aliphatic rings. The van der Waals surface area contributed by atoms with Crippen LogP contribution in [-0.4, -0.2) is 22.1 Å². The predicted molar refractivity (Wildman–Crippen MR) is 64.2 cm³/mol. The minimum absolute atomic E-state index is 0.620. The van der Waals surface area contributed by atoms with Crippen molar-refractivity contribution < 1.29 is 0 Å². The average molecular weight is 219 g/mol. The lowest BCUT2D eigenvalue weighted by atomic mass is 10.00. The molecule has 0 atom stereocenters. The molecule has 0 aliphatic heterocycles. The minimum Gasteiger partial charge on any atom is -0.338 e. The van der Waals surface area contributed by atoms with E-state index >= 15 is 0 Å². The van der Waals surface area contributed by atoms with Gasteiger partial charge in [0.05, 0.1) is 0 Å². The number of hydrogen-bond acceptors (Lipinski definition) is 2. The van der Waals surface area contributed by atoms with Crippen molar-refractivity contribution in [1.82, 2.24) is 14.9 Å². The summed E-state index contributed by atoms with van der Waals surface area (Å²) in [6.45, 7) is 1.24. The standard InChI is InChI=1S/C13H21N3/c1-16-9-8-14-12(16)4-5-13(6-7-13)10-15-11-2-3-11/h8-9,11,15H,2-7,10H2,1H3. The fourth-order valence-corrected chi connectivity index (χ4v) is 2.35. The summed E-state index contributed by atoms with van der Waals surface area (Å²) in [5.41, 5.74) is 0.620. The van der Waals surface area contributed by atoms with Gasteiger partial charge in [0.25, 0.3) is 0 Å². The Morgan fingerprint density at radius 2 is 2.31 bits per heavy atom. The number of aromatic nitrogens is 2. The Kier molecular flexibility index (Phi) is 2.51. The molecule has 2 saturated carbocycles. The first-order valence-corrected chi connectivity index (χ1v) is 6.47. The zero-order valence-electron chi connectivity index (χ0n) is 10.1. The van der Waals surface area contributed by atoms with E-state index in [1.807, 2.05) is 12.4 Å². The van der Waals surface area contributed by atoms with Crippen molar-refractivity contribution in [2.24, 2.45) is 12.5 Å². The van der Waals surface area contributed by atoms with Crippen LogP contribution < -0.4 is 5.32 Å². The quantitative estimate of drug-likeness (QED) is 0.791. The third-order valence-electron chi connectivity index (χ3n) is 4.10. The molecule has 0 spiro atoms. The van der Waals surface area contributed by atoms with Gasteiger partial charge in [-0.1, -0.05) is 0 Å². The zero-order chi connectivity index (χ0) is 11.0. The van der Waals surface area contributed by atoms with Gasteiger partial charge in [-0.05, 0) is 37.5 Å². The summed E-state index contributed by atoms with van der Waals surface area (Å²) in [5.74, 6) is 1.23. The molecule has 0 aromatic carbocycles. The molecule has 16 heavy (non-hydrogen) atoms. The number of nitrogens with zero attached hydrogens (tertiary/aromatic N) is 2. The van der Waals surface area contributed by atoms with Gasteiger partial charge in [-0.15, -0.1) is 0 Å². The number of imidazole rings is 1. The van der Waals surface area contributed by atoms with E-state index in [0.29, 0.717) is 5.41 Å². The Balaban J connectivity index is 1.48. The van der Waals surface area contributed by atoms with Gasteiger partial charge in [-0.2, -0.15) is 0 Å². The Morgan fingerprint density at radius 3 is 2.88 bits per heavy atom. The molecule has 1 heterocycles. The predicted octanol–water partition coefficient (Wildman–Crippen LogP) is 1.88. The van der Waals surface area contributed by atoms with Crippen LogP contribution in [0.5, 0.6) is 0 Å². The molecule has 0 bridgehead atoms. The van der Waals surface area contributed by atoms with Gasteiger partial charge in [-0.3, -0.25) is 0 Å². The summed E-state index contributed by atoms with van der Waals surface area (Å²) in [6, 6.07) is 0.852. The lowest BCUT2D eigenvalue weighted by Crippen LogP contribution is -2.26. The van der Waals surface area contributed by atoms with E-state index in [4.69, 9.17) is 0 Å². The maximum absolute atomic E-state index is 4.40. The molecule has 0 saturated heterocycles. The van der Waals surface area contributed by atoms with Gasteiger partial charge in [-0.25, -0.2) is 4.98 Å². The van der Waals surface area contributed by atoms with Gasteiger partial charge in [0.1, 0.15) is 5.82 Å². The third-order valence-corrected chi connectivity index (χ3v) is 4.10. The van der Waals surface area contributed by atoms with Gasteiger partial charge in [0.15, 0.2) is 0 Å². The SMILES string of the molecule is Cn1ccnc1CCC1(CNC2CC2)CC1. The van der Waals surface area contributed by atoms with Gasteiger partial charge in [0, 0.05) is 38.4 Å². The average Bonchev–Trinajstić information content (AvgIpc) is 3.17. The van der Waals surface area contributed by atoms with Crippen LogP contribution in [0.1, 0.15) is 37.9 Å². The molecule has 2 aliphatic carbocycles. The van der Waals surface area contributed by atoms with Gasteiger partial charge in [0.2, 0.25) is 0 Å². The lowest BCUT2D eigenvalue weighted by Gasteiger charge is -2.15. The van der Waals surface area contributed by atoms with Crippen molar-refractivity contribution >= 4 is 0 Å². The smallest absolute Gasteiger partial charge is 0.108 e. The van der Waals surface area contributed by atoms with Crippen LogP contribution in [0.25, 0.3) is 0 Å². The molecule has 3 nitrogen and oxygen atoms in total. The molecule has 3 heteroatoms. The van der Waals surface area contributed by atoms with Crippen molar-refractivity contribution in [3.63, 3.8) is 0 Å². The van der Waals surface area contributed by atoms with Gasteiger partial charge < -0.3 is 9.88 Å². The Hall–Kier alpha value is -0.830. The minimum atomic E-state index is 0.620. The summed E-state index contributed by atoms with van der Waals surface area (Å²) in [6.07, 6.45) is 12.0. The van der Waals surface area contributed by atoms with Crippen LogP contribution in [0.2, 0.25) is 0 Å². The second-order valence-corrected chi connectivity index (χ2v) is 5.61. The van der Waals surface area contributed by atoms with Crippen molar-refractivity contribution in [3.8, 4) is 0 Å². The van der Waals surface area contributed by atoms with Crippen molar-refractivity contribution in [2.75, 3.05) is 6.54 Å². The largest absolute Gasteiger partial charge is 0.338 e. The second-order valence-electron chi connectivity index (χ2n) is 5.61. The lowest BCUT2D eigenvalue weighted by molar-refractivity contribution is 0.419. The maximum Gasteiger partial charge on any atom is 0.108 e. The van der Waals surface area contributed by atoms with E-state index < -0.39 is 0 Å². The number of hydrogen-bond donors (Lipinski definition) is 1. The number of rotatable bonds is 6. The molecule has 0 amide bonds. The molecule has 1 aromatic rings. The van der Waals surface area contributed by atoms with Crippen LogP contribution in [0.3, 0.4) is 0 Å². The summed E-state index contributed by atoms with van der Waals surface area (Å²) in [5, 5.41) is 3.68. The van der Waals surface area contributed by atoms with E-state index in [1.165, 1.54) is 44.5 Å². The zero-order valence-corrected chi connectivity index (χ0v) is 10.1. The van der Waals surface area contributed by atoms with E-state index in [9.17, 15) is 0 Å². The highest BCUT2D eigenvalue weighted by molar-refractivity contribution is 5.00. The molecule has 1 aromatic heterocycles. The first-order chi connectivity index (χ1) is 7.77. The normalized spacial score (nSPS) is 22.3. The summed E-state index contributed by atoms with van der Waals surface area (Å²) >= 11 is 0. The molecule has 2 fully saturated rings. The molecule has 88 valence electrons. The maximum atomic E-state index is 4.40. The van der Waals surface area contributed by atoms with Crippen molar-refractivity contribution in [1.29, 1.82) is 0 Å². The van der Waals surface area contributed by atoms with E-state index in [1.54, 1.807) is 0 Å². The molecular formula is C13H21N3. The van der Waals surface area contributed by atoms with E-state index in [2.05, 4.69) is 21.9 Å². The van der Waals surface area contributed by atoms with E-state index in [-0.39, 0.29) is 0 Å². The van der Waals surface area contributed by atoms with Crippen LogP contribution >= 0.6 is 0 Å². The summed E-state index contributed by atoms with van der Waals surface area (Å²) < 4.78 is 2.14. The van der Waals surface area contributed by atoms with E-state index in [0.717, 1.165) is 12.5 Å². The topological polar surface area (TPSA) is 29.9 Å². The van der Waals surface area contributed by atoms with Crippen LogP contribution in [-0.2, 0) is 13.5 Å². The number of aryl methyl sites for hydroxylation is 2. The third kappa shape index (κ3) is 2.29. The molecule has 3 rings (SSSR count). The first kappa shape index (κ1) is 10.3. The monoisotopic (exact) mass is 219 g/mol. The fraction of sp³-hybridized carbons (Fsp3) is 0.769. The van der Waals surface area contributed by atoms with Gasteiger partial charge >= 0.3 is 0 Å². The highest BCUT2D eigenvalue weighted by Gasteiger charge is 2.42. The number of nitrogens with one attached hydrogen (secondary N) is 1. The summed E-state index contributed by atoms with van der Waals surface area (Å²) in [4.78, 5) is 4.40.